The maximum atomic E-state index is 14.5. The van der Waals surface area contributed by atoms with Crippen LogP contribution in [0.2, 0.25) is 0 Å². The Balaban J connectivity index is 1.67. The van der Waals surface area contributed by atoms with Gasteiger partial charge in [-0.1, -0.05) is 24.3 Å². The summed E-state index contributed by atoms with van der Waals surface area (Å²) >= 11 is 0. The number of hydrogen-bond donors (Lipinski definition) is 1. The van der Waals surface area contributed by atoms with Gasteiger partial charge in [-0.2, -0.15) is 5.26 Å². The third-order valence-electron chi connectivity index (χ3n) is 5.69. The van der Waals surface area contributed by atoms with Crippen LogP contribution in [0.25, 0.3) is 0 Å². The fraction of sp³-hybridized carbons (Fsp3) is 0.409. The van der Waals surface area contributed by atoms with Gasteiger partial charge in [0.25, 0.3) is 0 Å². The number of benzene rings is 2. The number of likely N-dealkylation sites (tertiary alicyclic amines) is 1. The number of hydrogen-bond acceptors (Lipinski definition) is 4. The number of ether oxygens (including phenoxy) is 1. The molecule has 1 saturated heterocycles. The summed E-state index contributed by atoms with van der Waals surface area (Å²) in [4.78, 5) is 2.41. The summed E-state index contributed by atoms with van der Waals surface area (Å²) in [5.41, 5.74) is 8.88. The molecule has 0 saturated carbocycles. The third-order valence-corrected chi connectivity index (χ3v) is 5.69. The second-order valence-electron chi connectivity index (χ2n) is 7.50. The van der Waals surface area contributed by atoms with Crippen LogP contribution in [-0.4, -0.2) is 30.1 Å². The lowest BCUT2D eigenvalue weighted by Gasteiger charge is -2.43. The summed E-state index contributed by atoms with van der Waals surface area (Å²) in [5.74, 6) is -0.298. The van der Waals surface area contributed by atoms with Crippen LogP contribution in [0.5, 0.6) is 5.75 Å². The highest BCUT2D eigenvalue weighted by molar-refractivity contribution is 5.38. The summed E-state index contributed by atoms with van der Waals surface area (Å²) in [7, 11) is 0. The fourth-order valence-electron chi connectivity index (χ4n) is 4.36. The molecule has 27 heavy (non-hydrogen) atoms. The summed E-state index contributed by atoms with van der Waals surface area (Å²) in [6.07, 6.45) is 3.84. The molecule has 1 aliphatic heterocycles. The maximum Gasteiger partial charge on any atom is 0.166 e. The topological polar surface area (TPSA) is 62.3 Å². The number of nitrogens with two attached hydrogens (primary N) is 1. The molecule has 1 fully saturated rings. The quantitative estimate of drug-likeness (QED) is 0.903. The zero-order valence-electron chi connectivity index (χ0n) is 15.3. The molecule has 2 aliphatic rings. The molecule has 3 atom stereocenters. The highest BCUT2D eigenvalue weighted by atomic mass is 19.1. The van der Waals surface area contributed by atoms with E-state index < -0.39 is 5.82 Å². The number of nitrogens with zero attached hydrogens (tertiary/aromatic N) is 2. The Morgan fingerprint density at radius 1 is 1.19 bits per heavy atom. The van der Waals surface area contributed by atoms with Crippen LogP contribution in [0.4, 0.5) is 4.39 Å². The first-order valence-corrected chi connectivity index (χ1v) is 9.59. The van der Waals surface area contributed by atoms with Crippen LogP contribution >= 0.6 is 0 Å². The van der Waals surface area contributed by atoms with E-state index in [4.69, 9.17) is 15.7 Å². The van der Waals surface area contributed by atoms with Gasteiger partial charge < -0.3 is 10.5 Å². The molecular weight excluding hydrogens is 341 g/mol. The molecule has 1 heterocycles. The molecule has 4 rings (SSSR count). The van der Waals surface area contributed by atoms with E-state index in [2.05, 4.69) is 17.0 Å². The molecule has 5 heteroatoms. The summed E-state index contributed by atoms with van der Waals surface area (Å²) < 4.78 is 20.7. The van der Waals surface area contributed by atoms with Crippen molar-refractivity contribution >= 4 is 0 Å². The third kappa shape index (κ3) is 3.69. The van der Waals surface area contributed by atoms with Gasteiger partial charge in [-0.15, -0.1) is 0 Å². The first kappa shape index (κ1) is 18.0. The highest BCUT2D eigenvalue weighted by Crippen LogP contribution is 2.38. The normalized spacial score (nSPS) is 25.4. The van der Waals surface area contributed by atoms with Crippen molar-refractivity contribution in [3.05, 3.63) is 65.0 Å². The summed E-state index contributed by atoms with van der Waals surface area (Å²) in [6, 6.07) is 15.0. The van der Waals surface area contributed by atoms with Gasteiger partial charge >= 0.3 is 0 Å². The molecular formula is C22H24FN3O. The van der Waals surface area contributed by atoms with E-state index in [1.54, 1.807) is 12.1 Å². The minimum Gasteiger partial charge on any atom is -0.481 e. The van der Waals surface area contributed by atoms with Gasteiger partial charge in [0.15, 0.2) is 11.6 Å². The zero-order chi connectivity index (χ0) is 18.8. The van der Waals surface area contributed by atoms with E-state index in [-0.39, 0.29) is 23.9 Å². The minimum atomic E-state index is -0.494. The molecule has 2 N–H and O–H groups in total. The van der Waals surface area contributed by atoms with Gasteiger partial charge in [0.05, 0.1) is 17.7 Å². The van der Waals surface area contributed by atoms with Gasteiger partial charge in [-0.25, -0.2) is 4.39 Å². The fourth-order valence-corrected chi connectivity index (χ4v) is 4.36. The first-order chi connectivity index (χ1) is 13.2. The number of piperidine rings is 1. The number of aryl methyl sites for hydroxylation is 1. The molecule has 4 nitrogen and oxygen atoms in total. The smallest absolute Gasteiger partial charge is 0.166 e. The predicted molar refractivity (Wildman–Crippen MR) is 102 cm³/mol. The molecule has 0 unspecified atom stereocenters. The first-order valence-electron chi connectivity index (χ1n) is 9.59. The zero-order valence-corrected chi connectivity index (χ0v) is 15.3. The van der Waals surface area contributed by atoms with E-state index in [9.17, 15) is 4.39 Å². The van der Waals surface area contributed by atoms with E-state index in [1.165, 1.54) is 11.6 Å². The molecule has 1 aliphatic carbocycles. The lowest BCUT2D eigenvalue weighted by molar-refractivity contribution is 0.0347. The Kier molecular flexibility index (Phi) is 5.11. The largest absolute Gasteiger partial charge is 0.481 e. The van der Waals surface area contributed by atoms with Crippen LogP contribution in [0.1, 0.15) is 42.1 Å². The molecule has 0 radical (unpaired) electrons. The van der Waals surface area contributed by atoms with Crippen LogP contribution in [0.3, 0.4) is 0 Å². The molecule has 0 aromatic heterocycles. The van der Waals surface area contributed by atoms with E-state index in [0.717, 1.165) is 44.3 Å². The number of nitriles is 1. The molecule has 0 amide bonds. The summed E-state index contributed by atoms with van der Waals surface area (Å²) in [5, 5.41) is 8.97. The van der Waals surface area contributed by atoms with Crippen LogP contribution in [0.15, 0.2) is 42.5 Å². The Labute approximate surface area is 159 Å². The van der Waals surface area contributed by atoms with Crippen molar-refractivity contribution in [1.82, 2.24) is 4.90 Å². The Bertz CT molecular complexity index is 863. The molecule has 0 bridgehead atoms. The van der Waals surface area contributed by atoms with E-state index in [1.807, 2.05) is 18.2 Å². The number of fused-ring (bicyclic) bond motifs is 1. The Morgan fingerprint density at radius 3 is 2.81 bits per heavy atom. The minimum absolute atomic E-state index is 0.168. The second-order valence-corrected chi connectivity index (χ2v) is 7.50. The number of rotatable bonds is 3. The van der Waals surface area contributed by atoms with Gasteiger partial charge in [0, 0.05) is 12.6 Å². The van der Waals surface area contributed by atoms with Gasteiger partial charge in [-0.3, -0.25) is 4.90 Å². The molecule has 0 spiro atoms. The molecule has 2 aromatic rings. The van der Waals surface area contributed by atoms with Crippen LogP contribution < -0.4 is 10.5 Å². The Hall–Kier alpha value is -2.42. The molecule has 2 aromatic carbocycles. The standard InChI is InChI=1S/C22H24FN3O/c23-19-12-15(13-24)7-10-21(19)27-22-18-6-2-1-4-16(18)8-9-20(22)26-11-3-5-17(25)14-26/h1-2,4,6-7,10,12,17,20,22H,3,5,8-9,11,14,25H2/t17-,20-,22-/m0/s1. The van der Waals surface area contributed by atoms with Crippen molar-refractivity contribution in [1.29, 1.82) is 5.26 Å². The maximum absolute atomic E-state index is 14.5. The predicted octanol–water partition coefficient (Wildman–Crippen LogP) is 3.56. The van der Waals surface area contributed by atoms with Crippen molar-refractivity contribution in [2.75, 3.05) is 13.1 Å². The van der Waals surface area contributed by atoms with Crippen molar-refractivity contribution in [2.45, 2.75) is 43.9 Å². The summed E-state index contributed by atoms with van der Waals surface area (Å²) in [6.45, 7) is 1.85. The average Bonchev–Trinajstić information content (AvgIpc) is 2.69. The van der Waals surface area contributed by atoms with Crippen molar-refractivity contribution in [3.63, 3.8) is 0 Å². The van der Waals surface area contributed by atoms with Crippen LogP contribution in [-0.2, 0) is 6.42 Å². The van der Waals surface area contributed by atoms with Gasteiger partial charge in [0.1, 0.15) is 6.10 Å². The van der Waals surface area contributed by atoms with E-state index in [0.29, 0.717) is 5.56 Å². The van der Waals surface area contributed by atoms with Gasteiger partial charge in [-0.05, 0) is 61.6 Å². The lowest BCUT2D eigenvalue weighted by atomic mass is 9.84. The number of halogens is 1. The van der Waals surface area contributed by atoms with Gasteiger partial charge in [0.2, 0.25) is 0 Å². The SMILES string of the molecule is N#Cc1ccc(O[C@H]2c3ccccc3CC[C@@H]2N2CCC[C@H](N)C2)c(F)c1. The lowest BCUT2D eigenvalue weighted by Crippen LogP contribution is -2.51. The van der Waals surface area contributed by atoms with Crippen molar-refractivity contribution < 1.29 is 9.13 Å². The van der Waals surface area contributed by atoms with Crippen molar-refractivity contribution in [3.8, 4) is 11.8 Å². The molecule has 140 valence electrons. The monoisotopic (exact) mass is 365 g/mol. The Morgan fingerprint density at radius 2 is 2.04 bits per heavy atom. The average molecular weight is 365 g/mol. The highest BCUT2D eigenvalue weighted by Gasteiger charge is 2.37. The van der Waals surface area contributed by atoms with Crippen LogP contribution in [0, 0.1) is 17.1 Å². The van der Waals surface area contributed by atoms with Crippen molar-refractivity contribution in [2.24, 2.45) is 5.73 Å². The van der Waals surface area contributed by atoms with E-state index >= 15 is 0 Å². The second kappa shape index (κ2) is 7.67.